The maximum absolute atomic E-state index is 14.0. The molecule has 2 amide bonds. The number of fused-ring (bicyclic) bond motifs is 3. The van der Waals surface area contributed by atoms with Gasteiger partial charge in [-0.3, -0.25) is 29.0 Å². The van der Waals surface area contributed by atoms with Gasteiger partial charge < -0.3 is 31.5 Å². The lowest BCUT2D eigenvalue weighted by atomic mass is 9.57. The molecule has 1 saturated heterocycles. The number of amides is 2. The van der Waals surface area contributed by atoms with Gasteiger partial charge in [0.1, 0.15) is 22.8 Å². The first-order chi connectivity index (χ1) is 19.7. The summed E-state index contributed by atoms with van der Waals surface area (Å²) in [5.74, 6) is -6.58. The highest BCUT2D eigenvalue weighted by Crippen LogP contribution is 2.53. The summed E-state index contributed by atoms with van der Waals surface area (Å²) in [7, 11) is 3.10. The van der Waals surface area contributed by atoms with E-state index in [1.54, 1.807) is 27.1 Å². The number of hydrogen-bond acceptors (Lipinski definition) is 11. The van der Waals surface area contributed by atoms with Crippen LogP contribution in [0, 0.1) is 11.8 Å². The number of ketones is 2. The SMILES string of the molecule is CC1CN(C(C)C(=O)Nc2ccc3c(c2O)C(O)=C2C(=O)[C@]4(O)C(O)=C(C(N)=O)C(=O)[C@@H](N(C)C)C4CC2C3)CCS1. The molecule has 0 spiro atoms. The van der Waals surface area contributed by atoms with Crippen LogP contribution in [0.2, 0.25) is 0 Å². The first-order valence-corrected chi connectivity index (χ1v) is 14.9. The quantitative estimate of drug-likeness (QED) is 0.206. The summed E-state index contributed by atoms with van der Waals surface area (Å²) >= 11 is 1.84. The van der Waals surface area contributed by atoms with E-state index in [2.05, 4.69) is 17.1 Å². The van der Waals surface area contributed by atoms with Gasteiger partial charge in [-0.1, -0.05) is 13.0 Å². The van der Waals surface area contributed by atoms with E-state index in [-0.39, 0.29) is 35.6 Å². The Hall–Kier alpha value is -3.39. The van der Waals surface area contributed by atoms with Gasteiger partial charge >= 0.3 is 0 Å². The third-order valence-corrected chi connectivity index (χ3v) is 10.2. The van der Waals surface area contributed by atoms with Gasteiger partial charge in [-0.25, -0.2) is 0 Å². The molecule has 5 rings (SSSR count). The van der Waals surface area contributed by atoms with E-state index in [0.29, 0.717) is 10.8 Å². The number of Topliss-reactive ketones (excluding diaryl/α,β-unsaturated/α-hetero) is 2. The summed E-state index contributed by atoms with van der Waals surface area (Å²) in [6.07, 6.45) is 0.186. The topological polar surface area (TPSA) is 194 Å². The zero-order valence-electron chi connectivity index (χ0n) is 23.9. The number of rotatable bonds is 5. The molecule has 1 saturated carbocycles. The molecular formula is C29H36N4O8S. The highest BCUT2D eigenvalue weighted by atomic mass is 32.2. The normalized spacial score (nSPS) is 30.5. The van der Waals surface area contributed by atoms with Gasteiger partial charge in [-0.05, 0) is 51.4 Å². The number of benzene rings is 1. The van der Waals surface area contributed by atoms with Crippen molar-refractivity contribution in [2.75, 3.05) is 38.3 Å². The van der Waals surface area contributed by atoms with Crippen LogP contribution in [0.25, 0.3) is 5.76 Å². The molecule has 3 aliphatic carbocycles. The lowest BCUT2D eigenvalue weighted by Gasteiger charge is -2.50. The molecule has 0 radical (unpaired) electrons. The van der Waals surface area contributed by atoms with Crippen molar-refractivity contribution in [3.05, 3.63) is 40.2 Å². The van der Waals surface area contributed by atoms with E-state index < -0.39 is 69.8 Å². The van der Waals surface area contributed by atoms with Gasteiger partial charge in [0.2, 0.25) is 11.7 Å². The van der Waals surface area contributed by atoms with E-state index in [1.807, 2.05) is 11.8 Å². The minimum Gasteiger partial charge on any atom is -0.508 e. The Morgan fingerprint density at radius 3 is 2.52 bits per heavy atom. The van der Waals surface area contributed by atoms with Crippen molar-refractivity contribution in [3.63, 3.8) is 0 Å². The molecule has 13 heteroatoms. The van der Waals surface area contributed by atoms with Crippen LogP contribution in [0.3, 0.4) is 0 Å². The Morgan fingerprint density at radius 1 is 1.21 bits per heavy atom. The van der Waals surface area contributed by atoms with Crippen LogP contribution < -0.4 is 11.1 Å². The van der Waals surface area contributed by atoms with Crippen molar-refractivity contribution in [1.29, 1.82) is 0 Å². The number of nitrogens with two attached hydrogens (primary N) is 1. The van der Waals surface area contributed by atoms with E-state index >= 15 is 0 Å². The summed E-state index contributed by atoms with van der Waals surface area (Å²) in [4.78, 5) is 55.9. The predicted molar refractivity (Wildman–Crippen MR) is 156 cm³/mol. The Balaban J connectivity index is 1.53. The third kappa shape index (κ3) is 4.50. The molecule has 0 bridgehead atoms. The van der Waals surface area contributed by atoms with E-state index in [1.165, 1.54) is 11.0 Å². The minimum absolute atomic E-state index is 0.00900. The highest BCUT2D eigenvalue weighted by Gasteiger charge is 2.64. The molecular weight excluding hydrogens is 564 g/mol. The van der Waals surface area contributed by atoms with Crippen LogP contribution in [-0.2, 0) is 25.6 Å². The van der Waals surface area contributed by atoms with Crippen molar-refractivity contribution >= 4 is 46.6 Å². The number of aromatic hydroxyl groups is 1. The van der Waals surface area contributed by atoms with Crippen LogP contribution in [-0.4, -0.2) is 109 Å². The monoisotopic (exact) mass is 600 g/mol. The van der Waals surface area contributed by atoms with E-state index in [0.717, 1.165) is 18.8 Å². The number of primary amides is 1. The summed E-state index contributed by atoms with van der Waals surface area (Å²) < 4.78 is 0. The molecule has 4 unspecified atom stereocenters. The number of thioether (sulfide) groups is 1. The molecule has 1 aromatic rings. The Bertz CT molecular complexity index is 1450. The van der Waals surface area contributed by atoms with Crippen molar-refractivity contribution in [3.8, 4) is 5.75 Å². The van der Waals surface area contributed by atoms with Gasteiger partial charge in [-0.2, -0.15) is 11.8 Å². The number of hydrogen-bond donors (Lipinski definition) is 6. The molecule has 2 fully saturated rings. The number of anilines is 1. The third-order valence-electron chi connectivity index (χ3n) is 9.05. The minimum atomic E-state index is -2.70. The average molecular weight is 601 g/mol. The summed E-state index contributed by atoms with van der Waals surface area (Å²) in [5, 5.41) is 48.4. The summed E-state index contributed by atoms with van der Waals surface area (Å²) in [6, 6.07) is 1.56. The lowest BCUT2D eigenvalue weighted by molar-refractivity contribution is -0.153. The van der Waals surface area contributed by atoms with Crippen LogP contribution in [0.1, 0.15) is 31.4 Å². The summed E-state index contributed by atoms with van der Waals surface area (Å²) in [6.45, 7) is 5.38. The van der Waals surface area contributed by atoms with Gasteiger partial charge in [0, 0.05) is 35.6 Å². The molecule has 12 nitrogen and oxygen atoms in total. The number of carbonyl (C=O) groups excluding carboxylic acids is 4. The number of phenols is 1. The number of phenolic OH excluding ortho intramolecular Hbond substituents is 1. The van der Waals surface area contributed by atoms with Crippen molar-refractivity contribution in [2.24, 2.45) is 17.6 Å². The van der Waals surface area contributed by atoms with Crippen molar-refractivity contribution < 1.29 is 39.6 Å². The van der Waals surface area contributed by atoms with Crippen LogP contribution in [0.4, 0.5) is 5.69 Å². The second-order valence-corrected chi connectivity index (χ2v) is 13.3. The molecule has 0 aromatic heterocycles. The number of nitrogens with zero attached hydrogens (tertiary/aromatic N) is 2. The molecule has 1 aliphatic heterocycles. The Kier molecular flexibility index (Phi) is 7.67. The number of nitrogens with one attached hydrogen (secondary N) is 1. The predicted octanol–water partition coefficient (Wildman–Crippen LogP) is 0.728. The second-order valence-electron chi connectivity index (χ2n) is 11.8. The Labute approximate surface area is 247 Å². The fourth-order valence-electron chi connectivity index (χ4n) is 6.92. The number of aliphatic hydroxyl groups excluding tert-OH is 2. The van der Waals surface area contributed by atoms with Crippen molar-refractivity contribution in [1.82, 2.24) is 9.80 Å². The second kappa shape index (κ2) is 10.7. The lowest BCUT2D eigenvalue weighted by Crippen LogP contribution is -2.65. The van der Waals surface area contributed by atoms with Gasteiger partial charge in [0.25, 0.3) is 5.91 Å². The first kappa shape index (κ1) is 30.1. The smallest absolute Gasteiger partial charge is 0.255 e. The van der Waals surface area contributed by atoms with Crippen LogP contribution >= 0.6 is 11.8 Å². The summed E-state index contributed by atoms with van der Waals surface area (Å²) in [5.41, 5.74) is 2.04. The van der Waals surface area contributed by atoms with E-state index in [9.17, 15) is 39.6 Å². The van der Waals surface area contributed by atoms with Gasteiger partial charge in [0.05, 0.1) is 23.3 Å². The molecule has 1 heterocycles. The Morgan fingerprint density at radius 2 is 1.90 bits per heavy atom. The molecule has 7 N–H and O–H groups in total. The zero-order chi connectivity index (χ0) is 30.8. The fraction of sp³-hybridized carbons (Fsp3) is 0.517. The molecule has 1 aromatic carbocycles. The van der Waals surface area contributed by atoms with Crippen molar-refractivity contribution in [2.45, 2.75) is 49.6 Å². The number of likely N-dealkylation sites (N-methyl/N-ethyl adjacent to an activating group) is 1. The largest absolute Gasteiger partial charge is 0.508 e. The van der Waals surface area contributed by atoms with Crippen LogP contribution in [0.15, 0.2) is 29.0 Å². The van der Waals surface area contributed by atoms with Gasteiger partial charge in [0.15, 0.2) is 11.4 Å². The highest BCUT2D eigenvalue weighted by molar-refractivity contribution is 7.99. The van der Waals surface area contributed by atoms with Gasteiger partial charge in [-0.15, -0.1) is 0 Å². The fourth-order valence-corrected chi connectivity index (χ4v) is 7.96. The standard InChI is InChI=1S/C29H36N4O8S/c1-12-11-33(7-8-42-12)13(2)28(40)31-17-6-5-14-9-15-10-16-21(32(3)4)24(36)20(27(30)39)26(38)29(16,41)25(37)19(15)23(35)18(14)22(17)34/h5-6,12-13,15-16,21,34-35,38,41H,7-11H2,1-4H3,(H2,30,39)(H,31,40)/t12?,13?,15?,16?,21-,29-/m0/s1. The van der Waals surface area contributed by atoms with Crippen LogP contribution in [0.5, 0.6) is 5.75 Å². The first-order valence-electron chi connectivity index (χ1n) is 13.9. The number of carbonyl (C=O) groups is 4. The van der Waals surface area contributed by atoms with E-state index in [4.69, 9.17) is 5.73 Å². The molecule has 6 atom stereocenters. The molecule has 4 aliphatic rings. The maximum Gasteiger partial charge on any atom is 0.255 e. The molecule has 42 heavy (non-hydrogen) atoms. The average Bonchev–Trinajstić information content (AvgIpc) is 2.91. The number of aliphatic hydroxyl groups is 3. The molecule has 226 valence electrons. The maximum atomic E-state index is 14.0. The zero-order valence-corrected chi connectivity index (χ0v) is 24.7.